The minimum Gasteiger partial charge on any atom is -1.00 e. The van der Waals surface area contributed by atoms with Crippen LogP contribution < -0.4 is 24.8 Å². The van der Waals surface area contributed by atoms with Crippen LogP contribution in [0, 0.1) is 0 Å². The molecule has 0 aliphatic heterocycles. The largest absolute Gasteiger partial charge is 1.00 e. The van der Waals surface area contributed by atoms with Gasteiger partial charge < -0.3 is 44.0 Å². The van der Waals surface area contributed by atoms with E-state index in [4.69, 9.17) is 4.74 Å². The van der Waals surface area contributed by atoms with E-state index in [1.54, 1.807) is 0 Å². The average molecular weight is 279 g/mol. The highest BCUT2D eigenvalue weighted by molar-refractivity contribution is 4.31. The Morgan fingerprint density at radius 1 is 0.688 bits per heavy atom. The van der Waals surface area contributed by atoms with E-state index >= 15 is 0 Å². The van der Waals surface area contributed by atoms with Crippen LogP contribution in [-0.2, 0) is 4.74 Å². The van der Waals surface area contributed by atoms with Crippen LogP contribution in [0.4, 0.5) is 0 Å². The first-order chi connectivity index (χ1) is 5.71. The predicted molar refractivity (Wildman–Crippen MR) is 60.2 cm³/mol. The van der Waals surface area contributed by atoms with E-state index in [2.05, 4.69) is 42.3 Å². The third kappa shape index (κ3) is 23.9. The molecule has 104 valence electrons. The number of likely N-dealkylation sites (N-methyl/N-ethyl adjacent to an activating group) is 2. The van der Waals surface area contributed by atoms with Gasteiger partial charge in [0.1, 0.15) is 13.1 Å². The van der Waals surface area contributed by atoms with E-state index in [0.29, 0.717) is 0 Å². The van der Waals surface area contributed by atoms with E-state index in [-0.39, 0.29) is 30.3 Å². The smallest absolute Gasteiger partial charge is 0.102 e. The first-order valence-electron chi connectivity index (χ1n) is 4.89. The molecule has 0 aromatic carbocycles. The summed E-state index contributed by atoms with van der Waals surface area (Å²) in [7, 11) is 13.1. The number of ether oxygens (including phenoxy) is 1. The predicted octanol–water partition coefficient (Wildman–Crippen LogP) is -6.40. The van der Waals surface area contributed by atoms with Gasteiger partial charge in [0.05, 0.1) is 55.5 Å². The maximum absolute atomic E-state index is 5.55. The highest BCUT2D eigenvalue weighted by Gasteiger charge is 2.08. The molecule has 0 aliphatic carbocycles. The second-order valence-electron chi connectivity index (χ2n) is 5.64. The molecule has 2 N–H and O–H groups in total. The first-order valence-corrected chi connectivity index (χ1v) is 4.89. The molecule has 0 spiro atoms. The molecule has 0 aliphatic rings. The van der Waals surface area contributed by atoms with Crippen LogP contribution >= 0.6 is 0 Å². The lowest BCUT2D eigenvalue weighted by Crippen LogP contribution is -3.00. The van der Waals surface area contributed by atoms with Crippen molar-refractivity contribution in [3.63, 3.8) is 0 Å². The molecule has 0 aromatic rings. The molecule has 0 unspecified atom stereocenters. The van der Waals surface area contributed by atoms with Gasteiger partial charge in [-0.1, -0.05) is 0 Å². The van der Waals surface area contributed by atoms with Gasteiger partial charge >= 0.3 is 0 Å². The normalized spacial score (nSPS) is 10.9. The lowest BCUT2D eigenvalue weighted by atomic mass is 10.5. The number of nitrogens with zero attached hydrogens (tertiary/aromatic N) is 2. The molecule has 0 aromatic heterocycles. The summed E-state index contributed by atoms with van der Waals surface area (Å²) in [6, 6.07) is 0. The summed E-state index contributed by atoms with van der Waals surface area (Å²) in [6.07, 6.45) is 0. The second kappa shape index (κ2) is 10.6. The summed E-state index contributed by atoms with van der Waals surface area (Å²) in [5.41, 5.74) is 0. The van der Waals surface area contributed by atoms with Gasteiger partial charge in [0.25, 0.3) is 0 Å². The average Bonchev–Trinajstić information content (AvgIpc) is 1.81. The fraction of sp³-hybridized carbons (Fsp3) is 1.00. The molecule has 0 bridgehead atoms. The summed E-state index contributed by atoms with van der Waals surface area (Å²) in [5.74, 6) is 0. The van der Waals surface area contributed by atoms with Crippen molar-refractivity contribution in [2.24, 2.45) is 0 Å². The molecular weight excluding hydrogens is 251 g/mol. The zero-order valence-corrected chi connectivity index (χ0v) is 12.9. The Morgan fingerprint density at radius 2 is 0.938 bits per heavy atom. The van der Waals surface area contributed by atoms with Gasteiger partial charge in [-0.25, -0.2) is 0 Å². The Hall–Kier alpha value is 0.420. The summed E-state index contributed by atoms with van der Waals surface area (Å²) in [4.78, 5) is 0. The number of halogens is 2. The Balaban J connectivity index is -0.000000240. The number of hydrogen-bond acceptors (Lipinski definition) is 1. The Kier molecular flexibility index (Phi) is 16.7. The highest BCUT2D eigenvalue weighted by Crippen LogP contribution is 1.92. The standard InChI is InChI=1S/C10H26N2O.2ClH.H2O/c1-11(2,3)7-9-13-10-8-12(4,5)6;;;/h7-10H2,1-6H3;2*1H;1H2/q+2;;;/p-2. The summed E-state index contributed by atoms with van der Waals surface area (Å²) in [5, 5.41) is 0. The van der Waals surface area contributed by atoms with Gasteiger partial charge in [-0.15, -0.1) is 0 Å². The molecule has 4 nitrogen and oxygen atoms in total. The zero-order chi connectivity index (χ0) is 10.5. The Labute approximate surface area is 113 Å². The maximum atomic E-state index is 5.55. The van der Waals surface area contributed by atoms with E-state index in [0.717, 1.165) is 35.3 Å². The minimum atomic E-state index is 0. The third-order valence-electron chi connectivity index (χ3n) is 1.81. The van der Waals surface area contributed by atoms with Crippen molar-refractivity contribution in [3.05, 3.63) is 0 Å². The maximum Gasteiger partial charge on any atom is 0.102 e. The van der Waals surface area contributed by atoms with Crippen molar-refractivity contribution in [2.75, 3.05) is 68.6 Å². The Bertz CT molecular complexity index is 129. The highest BCUT2D eigenvalue weighted by atomic mass is 35.5. The van der Waals surface area contributed by atoms with Crippen LogP contribution in [0.3, 0.4) is 0 Å². The Morgan fingerprint density at radius 3 is 1.12 bits per heavy atom. The van der Waals surface area contributed by atoms with Crippen LogP contribution in [0.15, 0.2) is 0 Å². The van der Waals surface area contributed by atoms with Gasteiger partial charge in [-0.2, -0.15) is 0 Å². The topological polar surface area (TPSA) is 40.7 Å². The van der Waals surface area contributed by atoms with Crippen LogP contribution in [-0.4, -0.2) is 83.0 Å². The fourth-order valence-corrected chi connectivity index (χ4v) is 0.779. The number of hydrogen-bond donors (Lipinski definition) is 0. The molecule has 0 heterocycles. The summed E-state index contributed by atoms with van der Waals surface area (Å²) in [6.45, 7) is 3.89. The van der Waals surface area contributed by atoms with Crippen molar-refractivity contribution in [3.8, 4) is 0 Å². The van der Waals surface area contributed by atoms with Crippen molar-refractivity contribution in [1.82, 2.24) is 0 Å². The van der Waals surface area contributed by atoms with Crippen LogP contribution in [0.5, 0.6) is 0 Å². The lowest BCUT2D eigenvalue weighted by Gasteiger charge is -2.25. The number of rotatable bonds is 6. The van der Waals surface area contributed by atoms with Gasteiger partial charge in [0.2, 0.25) is 0 Å². The van der Waals surface area contributed by atoms with Crippen LogP contribution in [0.1, 0.15) is 0 Å². The van der Waals surface area contributed by atoms with Crippen molar-refractivity contribution in [1.29, 1.82) is 0 Å². The van der Waals surface area contributed by atoms with Crippen molar-refractivity contribution in [2.45, 2.75) is 0 Å². The molecule has 0 amide bonds. The molecular formula is C10H28Cl2N2O2. The van der Waals surface area contributed by atoms with Crippen LogP contribution in [0.2, 0.25) is 0 Å². The monoisotopic (exact) mass is 278 g/mol. The SMILES string of the molecule is C[N+](C)(C)CCOCC[N+](C)(C)C.O.[Cl-].[Cl-]. The van der Waals surface area contributed by atoms with Crippen molar-refractivity contribution < 1.29 is 44.0 Å². The molecule has 16 heavy (non-hydrogen) atoms. The quantitative estimate of drug-likeness (QED) is 0.352. The second-order valence-corrected chi connectivity index (χ2v) is 5.64. The molecule has 0 radical (unpaired) electrons. The molecule has 6 heteroatoms. The van der Waals surface area contributed by atoms with Gasteiger partial charge in [0.15, 0.2) is 0 Å². The van der Waals surface area contributed by atoms with E-state index in [9.17, 15) is 0 Å². The molecule has 0 atom stereocenters. The van der Waals surface area contributed by atoms with Gasteiger partial charge in [0, 0.05) is 0 Å². The van der Waals surface area contributed by atoms with E-state index in [1.165, 1.54) is 0 Å². The zero-order valence-electron chi connectivity index (χ0n) is 11.4. The first kappa shape index (κ1) is 25.3. The molecule has 0 fully saturated rings. The summed E-state index contributed by atoms with van der Waals surface area (Å²) >= 11 is 0. The molecule has 0 saturated heterocycles. The van der Waals surface area contributed by atoms with Gasteiger partial charge in [-0.05, 0) is 0 Å². The molecule has 0 rings (SSSR count). The third-order valence-corrected chi connectivity index (χ3v) is 1.81. The van der Waals surface area contributed by atoms with E-state index < -0.39 is 0 Å². The van der Waals surface area contributed by atoms with E-state index in [1.807, 2.05) is 0 Å². The van der Waals surface area contributed by atoms with Crippen molar-refractivity contribution >= 4 is 0 Å². The van der Waals surface area contributed by atoms with Gasteiger partial charge in [-0.3, -0.25) is 0 Å². The van der Waals surface area contributed by atoms with Crippen LogP contribution in [0.25, 0.3) is 0 Å². The lowest BCUT2D eigenvalue weighted by molar-refractivity contribution is -0.874. The number of quaternary nitrogens is 2. The molecule has 0 saturated carbocycles. The summed E-state index contributed by atoms with van der Waals surface area (Å²) < 4.78 is 7.51. The fourth-order valence-electron chi connectivity index (χ4n) is 0.779. The minimum absolute atomic E-state index is 0.